The molecule has 0 spiro atoms. The summed E-state index contributed by atoms with van der Waals surface area (Å²) in [6.45, 7) is 8.71. The van der Waals surface area contributed by atoms with E-state index in [2.05, 4.69) is 31.1 Å². The van der Waals surface area contributed by atoms with Gasteiger partial charge in [-0.2, -0.15) is 0 Å². The highest BCUT2D eigenvalue weighted by atomic mass is 16.5. The molecule has 1 amide bonds. The van der Waals surface area contributed by atoms with E-state index in [1.165, 1.54) is 5.56 Å². The summed E-state index contributed by atoms with van der Waals surface area (Å²) in [4.78, 5) is 16.0. The van der Waals surface area contributed by atoms with Crippen molar-refractivity contribution in [3.8, 4) is 5.75 Å². The van der Waals surface area contributed by atoms with Crippen molar-refractivity contribution in [1.82, 2.24) is 10.3 Å². The Morgan fingerprint density at radius 3 is 2.30 bits per heavy atom. The summed E-state index contributed by atoms with van der Waals surface area (Å²) < 4.78 is 5.71. The molecular formula is C19H24N2O2. The van der Waals surface area contributed by atoms with Crippen molar-refractivity contribution in [3.63, 3.8) is 0 Å². The molecule has 122 valence electrons. The van der Waals surface area contributed by atoms with Gasteiger partial charge in [0.2, 0.25) is 0 Å². The van der Waals surface area contributed by atoms with Gasteiger partial charge in [0.1, 0.15) is 5.75 Å². The lowest BCUT2D eigenvalue weighted by atomic mass is 9.87. The van der Waals surface area contributed by atoms with Gasteiger partial charge in [-0.05, 0) is 47.7 Å². The smallest absolute Gasteiger partial charge is 0.261 e. The van der Waals surface area contributed by atoms with E-state index in [1.54, 1.807) is 19.3 Å². The minimum Gasteiger partial charge on any atom is -0.481 e. The van der Waals surface area contributed by atoms with Gasteiger partial charge >= 0.3 is 0 Å². The van der Waals surface area contributed by atoms with Crippen LogP contribution in [0, 0.1) is 0 Å². The molecular weight excluding hydrogens is 288 g/mol. The van der Waals surface area contributed by atoms with E-state index in [9.17, 15) is 4.79 Å². The van der Waals surface area contributed by atoms with Gasteiger partial charge in [-0.1, -0.05) is 32.9 Å². The molecule has 0 aliphatic carbocycles. The third kappa shape index (κ3) is 5.09. The first-order valence-electron chi connectivity index (χ1n) is 7.80. The number of carbonyl (C=O) groups excluding carboxylic acids is 1. The first kappa shape index (κ1) is 17.0. The predicted octanol–water partition coefficient (Wildman–Crippen LogP) is 3.46. The molecule has 1 heterocycles. The van der Waals surface area contributed by atoms with Crippen LogP contribution in [0.5, 0.6) is 5.75 Å². The number of aromatic nitrogens is 1. The number of hydrogen-bond donors (Lipinski definition) is 1. The Morgan fingerprint density at radius 1 is 1.13 bits per heavy atom. The molecule has 0 saturated carbocycles. The molecule has 1 N–H and O–H groups in total. The summed E-state index contributed by atoms with van der Waals surface area (Å²) >= 11 is 0. The monoisotopic (exact) mass is 312 g/mol. The Labute approximate surface area is 137 Å². The van der Waals surface area contributed by atoms with Gasteiger partial charge in [0.15, 0.2) is 6.10 Å². The zero-order chi connectivity index (χ0) is 16.9. The number of ether oxygens (including phenoxy) is 1. The highest BCUT2D eigenvalue weighted by Crippen LogP contribution is 2.24. The van der Waals surface area contributed by atoms with Crippen molar-refractivity contribution in [3.05, 3.63) is 59.9 Å². The van der Waals surface area contributed by atoms with Crippen LogP contribution >= 0.6 is 0 Å². The second-order valence-electron chi connectivity index (χ2n) is 6.61. The van der Waals surface area contributed by atoms with Crippen LogP contribution in [0.4, 0.5) is 0 Å². The Hall–Kier alpha value is -2.36. The highest BCUT2D eigenvalue weighted by molar-refractivity contribution is 5.80. The van der Waals surface area contributed by atoms with Crippen molar-refractivity contribution in [1.29, 1.82) is 0 Å². The van der Waals surface area contributed by atoms with E-state index in [0.29, 0.717) is 12.3 Å². The van der Waals surface area contributed by atoms with Crippen LogP contribution in [0.1, 0.15) is 38.8 Å². The van der Waals surface area contributed by atoms with Gasteiger partial charge in [-0.15, -0.1) is 0 Å². The normalized spacial score (nSPS) is 12.5. The first-order valence-corrected chi connectivity index (χ1v) is 7.80. The van der Waals surface area contributed by atoms with E-state index >= 15 is 0 Å². The van der Waals surface area contributed by atoms with Crippen LogP contribution in [0.25, 0.3) is 0 Å². The Morgan fingerprint density at radius 2 is 1.74 bits per heavy atom. The minimum atomic E-state index is -0.544. The van der Waals surface area contributed by atoms with E-state index in [-0.39, 0.29) is 11.3 Å². The third-order valence-corrected chi connectivity index (χ3v) is 3.62. The van der Waals surface area contributed by atoms with E-state index < -0.39 is 6.10 Å². The topological polar surface area (TPSA) is 51.2 Å². The molecule has 0 aliphatic rings. The van der Waals surface area contributed by atoms with Gasteiger partial charge in [-0.25, -0.2) is 0 Å². The Kier molecular flexibility index (Phi) is 5.37. The van der Waals surface area contributed by atoms with Crippen LogP contribution in [0.3, 0.4) is 0 Å². The van der Waals surface area contributed by atoms with Crippen LogP contribution in [0.15, 0.2) is 48.8 Å². The fraction of sp³-hybridized carbons (Fsp3) is 0.368. The number of nitrogens with one attached hydrogen (secondary N) is 1. The number of carbonyl (C=O) groups is 1. The summed E-state index contributed by atoms with van der Waals surface area (Å²) in [5.41, 5.74) is 2.35. The van der Waals surface area contributed by atoms with E-state index in [1.807, 2.05) is 36.4 Å². The quantitative estimate of drug-likeness (QED) is 0.920. The molecule has 23 heavy (non-hydrogen) atoms. The van der Waals surface area contributed by atoms with Crippen molar-refractivity contribution in [2.75, 3.05) is 0 Å². The summed E-state index contributed by atoms with van der Waals surface area (Å²) in [6.07, 6.45) is 2.87. The van der Waals surface area contributed by atoms with Gasteiger partial charge in [0.25, 0.3) is 5.91 Å². The molecule has 0 bridgehead atoms. The molecule has 0 saturated heterocycles. The van der Waals surface area contributed by atoms with Gasteiger partial charge in [0, 0.05) is 18.9 Å². The maximum absolute atomic E-state index is 12.1. The van der Waals surface area contributed by atoms with Crippen molar-refractivity contribution < 1.29 is 9.53 Å². The van der Waals surface area contributed by atoms with Gasteiger partial charge in [-0.3, -0.25) is 9.78 Å². The predicted molar refractivity (Wildman–Crippen MR) is 91.3 cm³/mol. The average molecular weight is 312 g/mol. The maximum Gasteiger partial charge on any atom is 0.261 e. The number of pyridine rings is 1. The summed E-state index contributed by atoms with van der Waals surface area (Å²) in [7, 11) is 0. The van der Waals surface area contributed by atoms with Crippen molar-refractivity contribution in [2.24, 2.45) is 0 Å². The number of nitrogens with zero attached hydrogens (tertiary/aromatic N) is 1. The Bertz CT molecular complexity index is 631. The fourth-order valence-electron chi connectivity index (χ4n) is 2.12. The first-order chi connectivity index (χ1) is 10.9. The summed E-state index contributed by atoms with van der Waals surface area (Å²) in [5.74, 6) is 0.561. The molecule has 4 heteroatoms. The Balaban J connectivity index is 1.88. The lowest BCUT2D eigenvalue weighted by molar-refractivity contribution is -0.127. The SMILES string of the molecule is C[C@@H](Oc1ccc(C(C)(C)C)cc1)C(=O)NCc1ccncc1. The molecule has 2 aromatic rings. The lowest BCUT2D eigenvalue weighted by Crippen LogP contribution is -2.35. The zero-order valence-corrected chi connectivity index (χ0v) is 14.2. The molecule has 2 rings (SSSR count). The van der Waals surface area contributed by atoms with E-state index in [0.717, 1.165) is 5.56 Å². The summed E-state index contributed by atoms with van der Waals surface area (Å²) in [5, 5.41) is 2.86. The molecule has 1 aromatic heterocycles. The van der Waals surface area contributed by atoms with Crippen molar-refractivity contribution >= 4 is 5.91 Å². The standard InChI is InChI=1S/C19H24N2O2/c1-14(18(22)21-13-15-9-11-20-12-10-15)23-17-7-5-16(6-8-17)19(2,3)4/h5-12,14H,13H2,1-4H3,(H,21,22)/t14-/m1/s1. The largest absolute Gasteiger partial charge is 0.481 e. The zero-order valence-electron chi connectivity index (χ0n) is 14.2. The lowest BCUT2D eigenvalue weighted by Gasteiger charge is -2.20. The fourth-order valence-corrected chi connectivity index (χ4v) is 2.12. The van der Waals surface area contributed by atoms with Gasteiger partial charge < -0.3 is 10.1 Å². The van der Waals surface area contributed by atoms with E-state index in [4.69, 9.17) is 4.74 Å². The second-order valence-corrected chi connectivity index (χ2v) is 6.61. The maximum atomic E-state index is 12.1. The number of hydrogen-bond acceptors (Lipinski definition) is 3. The molecule has 4 nitrogen and oxygen atoms in total. The summed E-state index contributed by atoms with van der Waals surface area (Å²) in [6, 6.07) is 11.6. The molecule has 0 radical (unpaired) electrons. The van der Waals surface area contributed by atoms with Crippen LogP contribution in [-0.4, -0.2) is 17.0 Å². The molecule has 1 aromatic carbocycles. The second kappa shape index (κ2) is 7.27. The molecule has 0 aliphatic heterocycles. The van der Waals surface area contributed by atoms with Crippen LogP contribution < -0.4 is 10.1 Å². The van der Waals surface area contributed by atoms with Crippen LogP contribution in [-0.2, 0) is 16.8 Å². The molecule has 0 fully saturated rings. The number of benzene rings is 1. The third-order valence-electron chi connectivity index (χ3n) is 3.62. The van der Waals surface area contributed by atoms with Crippen molar-refractivity contribution in [2.45, 2.75) is 45.8 Å². The molecule has 0 unspecified atom stereocenters. The number of rotatable bonds is 5. The highest BCUT2D eigenvalue weighted by Gasteiger charge is 2.16. The molecule has 1 atom stereocenters. The average Bonchev–Trinajstić information content (AvgIpc) is 2.53. The number of amides is 1. The van der Waals surface area contributed by atoms with Gasteiger partial charge in [0.05, 0.1) is 0 Å². The van der Waals surface area contributed by atoms with Crippen LogP contribution in [0.2, 0.25) is 0 Å². The minimum absolute atomic E-state index is 0.103.